The fourth-order valence-electron chi connectivity index (χ4n) is 4.26. The van der Waals surface area contributed by atoms with Gasteiger partial charge in [0.1, 0.15) is 12.4 Å². The Morgan fingerprint density at radius 1 is 0.970 bits per heavy atom. The number of aliphatic hydroxyl groups is 1. The largest absolute Gasteiger partial charge is 0.491 e. The van der Waals surface area contributed by atoms with E-state index in [1.807, 2.05) is 78.9 Å². The molecule has 1 unspecified atom stereocenters. The smallest absolute Gasteiger partial charge is 0.275 e. The molecule has 3 aromatic carbocycles. The van der Waals surface area contributed by atoms with Gasteiger partial charge in [-0.05, 0) is 40.4 Å². The number of ether oxygens (including phenoxy) is 1. The van der Waals surface area contributed by atoms with Crippen molar-refractivity contribution in [3.8, 4) is 5.75 Å². The molecule has 0 fully saturated rings. The van der Waals surface area contributed by atoms with E-state index < -0.39 is 6.10 Å². The van der Waals surface area contributed by atoms with Crippen molar-refractivity contribution in [3.63, 3.8) is 0 Å². The fraction of sp³-hybridized carbons (Fsp3) is 0.192. The van der Waals surface area contributed by atoms with E-state index in [-0.39, 0.29) is 11.8 Å². The molecule has 1 aliphatic rings. The van der Waals surface area contributed by atoms with Gasteiger partial charge in [-0.15, -0.1) is 5.10 Å². The van der Waals surface area contributed by atoms with Crippen LogP contribution in [-0.4, -0.2) is 38.7 Å². The molecule has 0 saturated carbocycles. The van der Waals surface area contributed by atoms with Gasteiger partial charge in [0, 0.05) is 23.4 Å². The van der Waals surface area contributed by atoms with E-state index in [9.17, 15) is 9.90 Å². The van der Waals surface area contributed by atoms with Gasteiger partial charge in [-0.1, -0.05) is 71.2 Å². The average Bonchev–Trinajstić information content (AvgIpc) is 3.32. The Morgan fingerprint density at radius 3 is 2.30 bits per heavy atom. The van der Waals surface area contributed by atoms with E-state index in [1.54, 1.807) is 10.3 Å². The molecule has 1 aliphatic heterocycles. The first kappa shape index (κ1) is 21.3. The summed E-state index contributed by atoms with van der Waals surface area (Å²) in [6.45, 7) is 1.24. The van der Waals surface area contributed by atoms with Crippen molar-refractivity contribution in [2.45, 2.75) is 18.6 Å². The van der Waals surface area contributed by atoms with E-state index >= 15 is 0 Å². The van der Waals surface area contributed by atoms with Crippen molar-refractivity contribution >= 4 is 17.4 Å². The Labute approximate surface area is 196 Å². The topological polar surface area (TPSA) is 75.6 Å². The molecule has 4 aromatic rings. The second-order valence-electron chi connectivity index (χ2n) is 7.98. The van der Waals surface area contributed by atoms with Gasteiger partial charge in [-0.3, -0.25) is 4.79 Å². The maximum Gasteiger partial charge on any atom is 0.275 e. The van der Waals surface area contributed by atoms with Crippen LogP contribution in [0.5, 0.6) is 5.75 Å². The zero-order chi connectivity index (χ0) is 22.6. The summed E-state index contributed by atoms with van der Waals surface area (Å²) in [5.41, 5.74) is 4.05. The van der Waals surface area contributed by atoms with E-state index in [4.69, 9.17) is 4.74 Å². The van der Waals surface area contributed by atoms with Crippen LogP contribution in [0.4, 0.5) is 0 Å². The van der Waals surface area contributed by atoms with E-state index in [1.165, 1.54) is 0 Å². The Morgan fingerprint density at radius 2 is 1.67 bits per heavy atom. The molecule has 0 bridgehead atoms. The number of fused-ring (bicyclic) bond motifs is 1. The Kier molecular flexibility index (Phi) is 6.15. The molecule has 0 saturated heterocycles. The van der Waals surface area contributed by atoms with Gasteiger partial charge in [-0.2, -0.15) is 0 Å². The van der Waals surface area contributed by atoms with Crippen LogP contribution < -0.4 is 4.74 Å². The molecular weight excluding hydrogens is 434 g/mol. The Balaban J connectivity index is 1.48. The monoisotopic (exact) mass is 457 g/mol. The molecule has 1 aromatic heterocycles. The summed E-state index contributed by atoms with van der Waals surface area (Å²) in [6.07, 6.45) is -0.768. The fourth-order valence-corrected chi connectivity index (χ4v) is 4.69. The molecule has 2 heterocycles. The first-order valence-corrected chi connectivity index (χ1v) is 11.6. The van der Waals surface area contributed by atoms with E-state index in [2.05, 4.69) is 9.59 Å². The molecule has 1 atom stereocenters. The molecule has 166 valence electrons. The number of carbonyl (C=O) groups is 1. The summed E-state index contributed by atoms with van der Waals surface area (Å²) in [5.74, 6) is 0.335. The summed E-state index contributed by atoms with van der Waals surface area (Å²) in [5, 5.41) is 17.1. The average molecular weight is 458 g/mol. The summed E-state index contributed by atoms with van der Waals surface area (Å²) >= 11 is 1.16. The zero-order valence-electron chi connectivity index (χ0n) is 17.9. The van der Waals surface area contributed by atoms with Gasteiger partial charge >= 0.3 is 0 Å². The Hall–Kier alpha value is -3.55. The van der Waals surface area contributed by atoms with Crippen LogP contribution in [0.15, 0.2) is 84.2 Å². The number of benzene rings is 3. The van der Waals surface area contributed by atoms with Gasteiger partial charge < -0.3 is 14.7 Å². The third kappa shape index (κ3) is 4.51. The van der Waals surface area contributed by atoms with Crippen molar-refractivity contribution in [3.05, 3.63) is 112 Å². The highest BCUT2D eigenvalue weighted by Gasteiger charge is 2.27. The molecular formula is C26H23N3O3S. The normalized spacial score (nSPS) is 14.3. The number of aromatic nitrogens is 2. The minimum absolute atomic E-state index is 0.169. The second kappa shape index (κ2) is 9.52. The highest BCUT2D eigenvalue weighted by molar-refractivity contribution is 7.03. The van der Waals surface area contributed by atoms with Gasteiger partial charge in [0.25, 0.3) is 5.91 Å². The van der Waals surface area contributed by atoms with Crippen LogP contribution in [0.3, 0.4) is 0 Å². The summed E-state index contributed by atoms with van der Waals surface area (Å²) in [4.78, 5) is 14.6. The molecule has 6 nitrogen and oxygen atoms in total. The quantitative estimate of drug-likeness (QED) is 0.480. The number of rotatable bonds is 5. The van der Waals surface area contributed by atoms with Crippen LogP contribution in [0.2, 0.25) is 0 Å². The minimum atomic E-state index is -0.768. The summed E-state index contributed by atoms with van der Waals surface area (Å²) < 4.78 is 9.70. The molecule has 33 heavy (non-hydrogen) atoms. The number of hydrogen-bond acceptors (Lipinski definition) is 6. The van der Waals surface area contributed by atoms with Crippen molar-refractivity contribution in [1.29, 1.82) is 0 Å². The molecule has 0 radical (unpaired) electrons. The minimum Gasteiger partial charge on any atom is -0.491 e. The molecule has 1 N–H and O–H groups in total. The number of nitrogens with zero attached hydrogens (tertiary/aromatic N) is 3. The first-order valence-electron chi connectivity index (χ1n) is 10.8. The van der Waals surface area contributed by atoms with Crippen molar-refractivity contribution in [2.75, 3.05) is 13.2 Å². The van der Waals surface area contributed by atoms with Gasteiger partial charge in [-0.25, -0.2) is 0 Å². The van der Waals surface area contributed by atoms with Crippen molar-refractivity contribution in [2.24, 2.45) is 0 Å². The predicted molar refractivity (Wildman–Crippen MR) is 126 cm³/mol. The van der Waals surface area contributed by atoms with Crippen LogP contribution in [0, 0.1) is 0 Å². The van der Waals surface area contributed by atoms with Crippen LogP contribution >= 0.6 is 11.5 Å². The van der Waals surface area contributed by atoms with Crippen LogP contribution in [0.25, 0.3) is 0 Å². The van der Waals surface area contributed by atoms with E-state index in [0.717, 1.165) is 39.5 Å². The predicted octanol–water partition coefficient (Wildman–Crippen LogP) is 4.44. The lowest BCUT2D eigenvalue weighted by molar-refractivity contribution is 0.0727. The molecule has 7 heteroatoms. The third-order valence-corrected chi connectivity index (χ3v) is 6.41. The van der Waals surface area contributed by atoms with Gasteiger partial charge in [0.2, 0.25) is 0 Å². The molecule has 5 rings (SSSR count). The molecule has 0 aliphatic carbocycles. The van der Waals surface area contributed by atoms with Gasteiger partial charge in [0.05, 0.1) is 12.6 Å². The van der Waals surface area contributed by atoms with E-state index in [0.29, 0.717) is 25.4 Å². The van der Waals surface area contributed by atoms with Crippen LogP contribution in [0.1, 0.15) is 44.8 Å². The number of amides is 1. The summed E-state index contributed by atoms with van der Waals surface area (Å²) in [6, 6.07) is 25.8. The zero-order valence-corrected chi connectivity index (χ0v) is 18.7. The second-order valence-corrected chi connectivity index (χ2v) is 8.59. The first-order chi connectivity index (χ1) is 16.2. The third-order valence-electron chi connectivity index (χ3n) is 5.91. The molecule has 0 spiro atoms. The number of carbonyl (C=O) groups excluding carboxylic acids is 1. The highest BCUT2D eigenvalue weighted by atomic mass is 32.1. The lowest BCUT2D eigenvalue weighted by Gasteiger charge is -2.25. The van der Waals surface area contributed by atoms with Crippen molar-refractivity contribution in [1.82, 2.24) is 14.5 Å². The maximum absolute atomic E-state index is 12.8. The lowest BCUT2D eigenvalue weighted by atomic mass is 9.83. The number of aliphatic hydroxyl groups excluding tert-OH is 1. The Bertz CT molecular complexity index is 1180. The number of hydrogen-bond donors (Lipinski definition) is 1. The summed E-state index contributed by atoms with van der Waals surface area (Å²) in [7, 11) is 0. The highest BCUT2D eigenvalue weighted by Crippen LogP contribution is 2.38. The van der Waals surface area contributed by atoms with Gasteiger partial charge in [0.15, 0.2) is 5.69 Å². The van der Waals surface area contributed by atoms with Crippen LogP contribution in [-0.2, 0) is 6.54 Å². The SMILES string of the molecule is O=C(c1csnn1)N1CCOc2ccc(C(O)C(c3ccccc3)c3ccccc3)cc2C1. The molecule has 1 amide bonds. The standard InChI is InChI=1S/C26H23N3O3S/c30-25(24(18-7-3-1-4-8-18)19-9-5-2-6-10-19)20-11-12-23-21(15-20)16-29(13-14-32-23)26(31)22-17-33-28-27-22/h1-12,15,17,24-25,30H,13-14,16H2. The van der Waals surface area contributed by atoms with Crippen molar-refractivity contribution < 1.29 is 14.6 Å². The lowest BCUT2D eigenvalue weighted by Crippen LogP contribution is -2.32. The maximum atomic E-state index is 12.8.